The smallest absolute Gasteiger partial charge is 0.365 e. The van der Waals surface area contributed by atoms with Gasteiger partial charge in [-0.25, -0.2) is 14.6 Å². The van der Waals surface area contributed by atoms with Crippen molar-refractivity contribution in [2.75, 3.05) is 5.32 Å². The van der Waals surface area contributed by atoms with Crippen LogP contribution >= 0.6 is 0 Å². The molecule has 0 saturated heterocycles. The van der Waals surface area contributed by atoms with Crippen molar-refractivity contribution in [3.05, 3.63) is 83.8 Å². The van der Waals surface area contributed by atoms with Crippen molar-refractivity contribution in [1.82, 2.24) is 19.7 Å². The second-order valence-electron chi connectivity index (χ2n) is 6.26. The number of hydrogen-bond donors (Lipinski definition) is 1. The van der Waals surface area contributed by atoms with Gasteiger partial charge in [0.25, 0.3) is 0 Å². The number of rotatable bonds is 5. The first-order valence-corrected chi connectivity index (χ1v) is 8.63. The predicted molar refractivity (Wildman–Crippen MR) is 99.6 cm³/mol. The second-order valence-corrected chi connectivity index (χ2v) is 6.26. The summed E-state index contributed by atoms with van der Waals surface area (Å²) in [4.78, 5) is 7.45. The molecule has 0 amide bonds. The van der Waals surface area contributed by atoms with Crippen LogP contribution in [0.2, 0.25) is 0 Å². The van der Waals surface area contributed by atoms with Crippen molar-refractivity contribution in [1.29, 1.82) is 0 Å². The highest BCUT2D eigenvalue weighted by Gasteiger charge is 2.36. The van der Waals surface area contributed by atoms with E-state index in [9.17, 15) is 13.2 Å². The van der Waals surface area contributed by atoms with Gasteiger partial charge in [0.2, 0.25) is 5.82 Å². The Morgan fingerprint density at radius 1 is 0.857 bits per heavy atom. The molecular formula is C20H16F3N5. The summed E-state index contributed by atoms with van der Waals surface area (Å²) in [5.74, 6) is -1.08. The van der Waals surface area contributed by atoms with Crippen LogP contribution in [0.1, 0.15) is 17.0 Å². The molecule has 4 rings (SSSR count). The lowest BCUT2D eigenvalue weighted by Gasteiger charge is -2.11. The Morgan fingerprint density at radius 2 is 1.50 bits per heavy atom. The van der Waals surface area contributed by atoms with E-state index in [1.807, 2.05) is 60.7 Å². The second kappa shape index (κ2) is 7.30. The van der Waals surface area contributed by atoms with Crippen molar-refractivity contribution < 1.29 is 13.2 Å². The maximum absolute atomic E-state index is 13.3. The summed E-state index contributed by atoms with van der Waals surface area (Å²) in [7, 11) is 0. The minimum atomic E-state index is -4.65. The first kappa shape index (κ1) is 18.0. The van der Waals surface area contributed by atoms with Gasteiger partial charge in [-0.1, -0.05) is 60.7 Å². The molecule has 2 aromatic carbocycles. The van der Waals surface area contributed by atoms with Gasteiger partial charge in [-0.05, 0) is 11.1 Å². The lowest BCUT2D eigenvalue weighted by Crippen LogP contribution is -2.15. The number of anilines is 1. The molecule has 142 valence electrons. The van der Waals surface area contributed by atoms with Crippen molar-refractivity contribution in [3.8, 4) is 0 Å². The van der Waals surface area contributed by atoms with Crippen molar-refractivity contribution >= 4 is 16.9 Å². The highest BCUT2D eigenvalue weighted by Crippen LogP contribution is 2.30. The van der Waals surface area contributed by atoms with Gasteiger partial charge in [-0.2, -0.15) is 18.3 Å². The molecule has 2 aromatic heterocycles. The fraction of sp³-hybridized carbons (Fsp3) is 0.150. The Balaban J connectivity index is 1.73. The zero-order chi connectivity index (χ0) is 19.6. The van der Waals surface area contributed by atoms with Crippen LogP contribution in [-0.4, -0.2) is 19.7 Å². The first-order valence-electron chi connectivity index (χ1n) is 8.63. The lowest BCUT2D eigenvalue weighted by atomic mass is 10.2. The third-order valence-corrected chi connectivity index (χ3v) is 4.23. The Kier molecular flexibility index (Phi) is 4.68. The molecule has 0 bridgehead atoms. The highest BCUT2D eigenvalue weighted by atomic mass is 19.4. The van der Waals surface area contributed by atoms with Crippen LogP contribution in [0.15, 0.2) is 66.9 Å². The maximum Gasteiger partial charge on any atom is 0.451 e. The summed E-state index contributed by atoms with van der Waals surface area (Å²) >= 11 is 0. The summed E-state index contributed by atoms with van der Waals surface area (Å²) in [6.07, 6.45) is -3.16. The van der Waals surface area contributed by atoms with E-state index in [0.717, 1.165) is 11.1 Å². The summed E-state index contributed by atoms with van der Waals surface area (Å²) in [5, 5.41) is 7.67. The zero-order valence-corrected chi connectivity index (χ0v) is 14.7. The molecule has 0 aliphatic carbocycles. The summed E-state index contributed by atoms with van der Waals surface area (Å²) in [5.41, 5.74) is 1.99. The SMILES string of the molecule is FC(F)(F)c1nc(NCc2ccccc2)c2cnn(Cc3ccccc3)c2n1. The average Bonchev–Trinajstić information content (AvgIpc) is 3.10. The molecule has 5 nitrogen and oxygen atoms in total. The number of halogens is 3. The Labute approximate surface area is 158 Å². The van der Waals surface area contributed by atoms with Gasteiger partial charge >= 0.3 is 6.18 Å². The van der Waals surface area contributed by atoms with Crippen LogP contribution in [0.3, 0.4) is 0 Å². The van der Waals surface area contributed by atoms with Gasteiger partial charge in [0, 0.05) is 6.54 Å². The maximum atomic E-state index is 13.3. The number of nitrogens with one attached hydrogen (secondary N) is 1. The van der Waals surface area contributed by atoms with E-state index in [0.29, 0.717) is 18.5 Å². The molecule has 2 heterocycles. The summed E-state index contributed by atoms with van der Waals surface area (Å²) < 4.78 is 41.5. The van der Waals surface area contributed by atoms with E-state index in [4.69, 9.17) is 0 Å². The fourth-order valence-corrected chi connectivity index (χ4v) is 2.87. The molecule has 0 atom stereocenters. The van der Waals surface area contributed by atoms with E-state index in [-0.39, 0.29) is 11.5 Å². The molecule has 4 aromatic rings. The summed E-state index contributed by atoms with van der Waals surface area (Å²) in [6.45, 7) is 0.658. The largest absolute Gasteiger partial charge is 0.451 e. The van der Waals surface area contributed by atoms with Crippen LogP contribution in [0, 0.1) is 0 Å². The molecule has 0 radical (unpaired) electrons. The number of fused-ring (bicyclic) bond motifs is 1. The molecule has 0 unspecified atom stereocenters. The van der Waals surface area contributed by atoms with Crippen LogP contribution in [0.5, 0.6) is 0 Å². The fourth-order valence-electron chi connectivity index (χ4n) is 2.87. The molecular weight excluding hydrogens is 367 g/mol. The number of aromatic nitrogens is 4. The first-order chi connectivity index (χ1) is 13.5. The normalized spacial score (nSPS) is 11.7. The monoisotopic (exact) mass is 383 g/mol. The minimum absolute atomic E-state index is 0.112. The number of benzene rings is 2. The van der Waals surface area contributed by atoms with Gasteiger partial charge < -0.3 is 5.32 Å². The topological polar surface area (TPSA) is 55.6 Å². The highest BCUT2D eigenvalue weighted by molar-refractivity contribution is 5.86. The van der Waals surface area contributed by atoms with Crippen LogP contribution in [-0.2, 0) is 19.3 Å². The van der Waals surface area contributed by atoms with E-state index in [1.165, 1.54) is 10.9 Å². The van der Waals surface area contributed by atoms with E-state index >= 15 is 0 Å². The molecule has 0 aliphatic rings. The number of nitrogens with zero attached hydrogens (tertiary/aromatic N) is 4. The standard InChI is InChI=1S/C20H16F3N5/c21-20(22,23)19-26-17(24-11-14-7-3-1-4-8-14)16-12-25-28(18(16)27-19)13-15-9-5-2-6-10-15/h1-10,12H,11,13H2,(H,24,26,27). The molecule has 0 aliphatic heterocycles. The molecule has 28 heavy (non-hydrogen) atoms. The number of hydrogen-bond acceptors (Lipinski definition) is 4. The zero-order valence-electron chi connectivity index (χ0n) is 14.7. The van der Waals surface area contributed by atoms with Gasteiger partial charge in [0.1, 0.15) is 5.82 Å². The molecule has 0 saturated carbocycles. The molecule has 0 fully saturated rings. The molecule has 0 spiro atoms. The van der Waals surface area contributed by atoms with Crippen molar-refractivity contribution in [2.24, 2.45) is 0 Å². The van der Waals surface area contributed by atoms with Crippen molar-refractivity contribution in [2.45, 2.75) is 19.3 Å². The number of alkyl halides is 3. The third kappa shape index (κ3) is 3.80. The summed E-state index contributed by atoms with van der Waals surface area (Å²) in [6, 6.07) is 18.7. The Bertz CT molecular complexity index is 1080. The van der Waals surface area contributed by atoms with Crippen LogP contribution < -0.4 is 5.32 Å². The van der Waals surface area contributed by atoms with E-state index in [1.54, 1.807) is 0 Å². The van der Waals surface area contributed by atoms with E-state index < -0.39 is 12.0 Å². The van der Waals surface area contributed by atoms with Crippen LogP contribution in [0.4, 0.5) is 19.0 Å². The average molecular weight is 383 g/mol. The Hall–Kier alpha value is -3.42. The van der Waals surface area contributed by atoms with Gasteiger partial charge in [0.15, 0.2) is 5.65 Å². The molecule has 8 heteroatoms. The predicted octanol–water partition coefficient (Wildman–Crippen LogP) is 4.51. The lowest BCUT2D eigenvalue weighted by molar-refractivity contribution is -0.144. The van der Waals surface area contributed by atoms with Crippen molar-refractivity contribution in [3.63, 3.8) is 0 Å². The Morgan fingerprint density at radius 3 is 2.14 bits per heavy atom. The van der Waals surface area contributed by atoms with E-state index in [2.05, 4.69) is 20.4 Å². The van der Waals surface area contributed by atoms with Gasteiger partial charge in [-0.15, -0.1) is 0 Å². The van der Waals surface area contributed by atoms with Crippen LogP contribution in [0.25, 0.3) is 11.0 Å². The van der Waals surface area contributed by atoms with Gasteiger partial charge in [0.05, 0.1) is 18.1 Å². The van der Waals surface area contributed by atoms with Gasteiger partial charge in [-0.3, -0.25) is 0 Å². The third-order valence-electron chi connectivity index (χ3n) is 4.23. The minimum Gasteiger partial charge on any atom is -0.365 e. The molecule has 1 N–H and O–H groups in total. The quantitative estimate of drug-likeness (QED) is 0.551.